The SMILES string of the molecule is O[C@H]1CCCN[C@@H]1CCCn1cnc2cc(Cl)cc(C3=CCOCC3)c21. The fraction of sp³-hybridized carbons (Fsp3) is 0.550. The van der Waals surface area contributed by atoms with Crippen molar-refractivity contribution in [3.63, 3.8) is 0 Å². The molecule has 1 fully saturated rings. The van der Waals surface area contributed by atoms with Gasteiger partial charge in [-0.15, -0.1) is 0 Å². The Hall–Kier alpha value is -1.40. The van der Waals surface area contributed by atoms with Crippen LogP contribution in [-0.2, 0) is 11.3 Å². The second-order valence-corrected chi connectivity index (χ2v) is 7.66. The molecule has 0 bridgehead atoms. The molecule has 2 aromatic rings. The summed E-state index contributed by atoms with van der Waals surface area (Å²) in [4.78, 5) is 4.57. The van der Waals surface area contributed by atoms with Gasteiger partial charge in [-0.1, -0.05) is 17.7 Å². The van der Waals surface area contributed by atoms with Gasteiger partial charge in [-0.25, -0.2) is 4.98 Å². The number of rotatable bonds is 5. The van der Waals surface area contributed by atoms with Crippen molar-refractivity contribution in [1.29, 1.82) is 0 Å². The molecule has 0 amide bonds. The van der Waals surface area contributed by atoms with Gasteiger partial charge in [0.25, 0.3) is 0 Å². The topological polar surface area (TPSA) is 59.3 Å². The Morgan fingerprint density at radius 2 is 2.31 bits per heavy atom. The van der Waals surface area contributed by atoms with Gasteiger partial charge in [0.05, 0.1) is 36.7 Å². The van der Waals surface area contributed by atoms with Crippen LogP contribution in [0, 0.1) is 0 Å². The van der Waals surface area contributed by atoms with Crippen molar-refractivity contribution in [2.45, 2.75) is 50.8 Å². The first-order valence-electron chi connectivity index (χ1n) is 9.55. The average molecular weight is 376 g/mol. The molecule has 5 nitrogen and oxygen atoms in total. The van der Waals surface area contributed by atoms with E-state index in [0.29, 0.717) is 6.61 Å². The standard InChI is InChI=1S/C20H26ClN3O2/c21-15-11-16(14-5-9-26-10-6-14)20-18(12-15)23-13-24(20)8-2-3-17-19(25)4-1-7-22-17/h5,11-13,17,19,22,25H,1-4,6-10H2/t17-,19+/m1/s1. The molecule has 2 aliphatic heterocycles. The van der Waals surface area contributed by atoms with E-state index >= 15 is 0 Å². The van der Waals surface area contributed by atoms with Gasteiger partial charge in [-0.05, 0) is 56.4 Å². The van der Waals surface area contributed by atoms with E-state index in [9.17, 15) is 5.11 Å². The van der Waals surface area contributed by atoms with Crippen LogP contribution in [0.1, 0.15) is 37.7 Å². The minimum absolute atomic E-state index is 0.214. The average Bonchev–Trinajstić information content (AvgIpc) is 3.06. The first-order valence-corrected chi connectivity index (χ1v) is 9.93. The number of nitrogens with zero attached hydrogens (tertiary/aromatic N) is 2. The van der Waals surface area contributed by atoms with Gasteiger partial charge in [0.2, 0.25) is 0 Å². The third kappa shape index (κ3) is 3.81. The fourth-order valence-electron chi connectivity index (χ4n) is 4.07. The molecule has 1 aromatic heterocycles. The van der Waals surface area contributed by atoms with Crippen LogP contribution < -0.4 is 5.32 Å². The molecule has 2 atom stereocenters. The largest absolute Gasteiger partial charge is 0.392 e. The van der Waals surface area contributed by atoms with Crippen LogP contribution in [0.2, 0.25) is 5.02 Å². The summed E-state index contributed by atoms with van der Waals surface area (Å²) in [7, 11) is 0. The predicted octanol–water partition coefficient (Wildman–Crippen LogP) is 3.39. The Bertz CT molecular complexity index is 802. The maximum absolute atomic E-state index is 10.1. The first kappa shape index (κ1) is 18.0. The lowest BCUT2D eigenvalue weighted by atomic mass is 9.97. The minimum Gasteiger partial charge on any atom is -0.392 e. The van der Waals surface area contributed by atoms with Crippen LogP contribution in [0.25, 0.3) is 16.6 Å². The van der Waals surface area contributed by atoms with Gasteiger partial charge in [0.15, 0.2) is 0 Å². The number of aliphatic hydroxyl groups is 1. The zero-order chi connectivity index (χ0) is 17.9. The predicted molar refractivity (Wildman–Crippen MR) is 104 cm³/mol. The highest BCUT2D eigenvalue weighted by Crippen LogP contribution is 2.31. The molecule has 0 saturated carbocycles. The molecule has 6 heteroatoms. The number of piperidine rings is 1. The van der Waals surface area contributed by atoms with Gasteiger partial charge >= 0.3 is 0 Å². The molecule has 2 aliphatic rings. The molecule has 0 unspecified atom stereocenters. The lowest BCUT2D eigenvalue weighted by molar-refractivity contribution is 0.0909. The van der Waals surface area contributed by atoms with Gasteiger partial charge in [-0.3, -0.25) is 0 Å². The van der Waals surface area contributed by atoms with E-state index < -0.39 is 0 Å². The van der Waals surface area contributed by atoms with Gasteiger partial charge < -0.3 is 19.7 Å². The monoisotopic (exact) mass is 375 g/mol. The van der Waals surface area contributed by atoms with Crippen LogP contribution in [0.4, 0.5) is 0 Å². The molecule has 2 N–H and O–H groups in total. The van der Waals surface area contributed by atoms with E-state index in [0.717, 1.165) is 67.9 Å². The number of nitrogens with one attached hydrogen (secondary N) is 1. The highest BCUT2D eigenvalue weighted by molar-refractivity contribution is 6.31. The Kier molecular flexibility index (Phi) is 5.60. The van der Waals surface area contributed by atoms with E-state index in [4.69, 9.17) is 16.3 Å². The molecule has 0 radical (unpaired) electrons. The number of aryl methyl sites for hydroxylation is 1. The summed E-state index contributed by atoms with van der Waals surface area (Å²) in [6, 6.07) is 4.19. The summed E-state index contributed by atoms with van der Waals surface area (Å²) < 4.78 is 7.68. The maximum Gasteiger partial charge on any atom is 0.0958 e. The number of imidazole rings is 1. The fourth-order valence-corrected chi connectivity index (χ4v) is 4.29. The van der Waals surface area contributed by atoms with Crippen LogP contribution in [0.5, 0.6) is 0 Å². The smallest absolute Gasteiger partial charge is 0.0958 e. The van der Waals surface area contributed by atoms with E-state index in [-0.39, 0.29) is 12.1 Å². The molecule has 4 rings (SSSR count). The van der Waals surface area contributed by atoms with Crippen LogP contribution in [0.3, 0.4) is 0 Å². The molecule has 1 aromatic carbocycles. The minimum atomic E-state index is -0.218. The highest BCUT2D eigenvalue weighted by atomic mass is 35.5. The highest BCUT2D eigenvalue weighted by Gasteiger charge is 2.22. The number of fused-ring (bicyclic) bond motifs is 1. The summed E-state index contributed by atoms with van der Waals surface area (Å²) in [5.74, 6) is 0. The van der Waals surface area contributed by atoms with Crippen LogP contribution >= 0.6 is 11.6 Å². The normalized spacial score (nSPS) is 24.0. The molecular formula is C20H26ClN3O2. The summed E-state index contributed by atoms with van der Waals surface area (Å²) in [5, 5.41) is 14.3. The van der Waals surface area contributed by atoms with Crippen LogP contribution in [-0.4, -0.2) is 46.6 Å². The molecular weight excluding hydrogens is 350 g/mol. The van der Waals surface area contributed by atoms with E-state index in [1.807, 2.05) is 18.5 Å². The number of ether oxygens (including phenoxy) is 1. The van der Waals surface area contributed by atoms with Gasteiger partial charge in [0.1, 0.15) is 0 Å². The third-order valence-corrected chi connectivity index (χ3v) is 5.67. The molecule has 26 heavy (non-hydrogen) atoms. The Balaban J connectivity index is 1.54. The maximum atomic E-state index is 10.1. The molecule has 1 saturated heterocycles. The van der Waals surface area contributed by atoms with Crippen molar-refractivity contribution in [1.82, 2.24) is 14.9 Å². The lowest BCUT2D eigenvalue weighted by Crippen LogP contribution is -2.44. The number of halogens is 1. The lowest BCUT2D eigenvalue weighted by Gasteiger charge is -2.29. The van der Waals surface area contributed by atoms with Crippen molar-refractivity contribution in [3.8, 4) is 0 Å². The Labute approximate surface area is 159 Å². The number of hydrogen-bond donors (Lipinski definition) is 2. The molecule has 0 spiro atoms. The molecule has 3 heterocycles. The van der Waals surface area contributed by atoms with Gasteiger partial charge in [-0.2, -0.15) is 0 Å². The molecule has 140 valence electrons. The zero-order valence-corrected chi connectivity index (χ0v) is 15.7. The van der Waals surface area contributed by atoms with Crippen molar-refractivity contribution in [2.24, 2.45) is 0 Å². The van der Waals surface area contributed by atoms with E-state index in [2.05, 4.69) is 20.9 Å². The summed E-state index contributed by atoms with van der Waals surface area (Å²) >= 11 is 6.33. The second kappa shape index (κ2) is 8.09. The Morgan fingerprint density at radius 1 is 1.38 bits per heavy atom. The quantitative estimate of drug-likeness (QED) is 0.841. The van der Waals surface area contributed by atoms with Crippen LogP contribution in [0.15, 0.2) is 24.5 Å². The van der Waals surface area contributed by atoms with E-state index in [1.165, 1.54) is 11.1 Å². The summed E-state index contributed by atoms with van der Waals surface area (Å²) in [6.45, 7) is 3.30. The summed E-state index contributed by atoms with van der Waals surface area (Å²) in [6.07, 6.45) is 8.69. The Morgan fingerprint density at radius 3 is 3.12 bits per heavy atom. The van der Waals surface area contributed by atoms with Crippen molar-refractivity contribution >= 4 is 28.2 Å². The van der Waals surface area contributed by atoms with Crippen molar-refractivity contribution < 1.29 is 9.84 Å². The van der Waals surface area contributed by atoms with Crippen molar-refractivity contribution in [2.75, 3.05) is 19.8 Å². The van der Waals surface area contributed by atoms with Crippen molar-refractivity contribution in [3.05, 3.63) is 35.1 Å². The third-order valence-electron chi connectivity index (χ3n) is 5.45. The number of hydrogen-bond acceptors (Lipinski definition) is 4. The zero-order valence-electron chi connectivity index (χ0n) is 15.0. The number of benzene rings is 1. The first-order chi connectivity index (χ1) is 12.7. The van der Waals surface area contributed by atoms with E-state index in [1.54, 1.807) is 0 Å². The number of aromatic nitrogens is 2. The van der Waals surface area contributed by atoms with Gasteiger partial charge in [0, 0.05) is 23.2 Å². The molecule has 0 aliphatic carbocycles. The number of aliphatic hydroxyl groups excluding tert-OH is 1. The summed E-state index contributed by atoms with van der Waals surface area (Å²) in [5.41, 5.74) is 4.55. The second-order valence-electron chi connectivity index (χ2n) is 7.23.